The van der Waals surface area contributed by atoms with E-state index >= 15 is 0 Å². The first-order chi connectivity index (χ1) is 12.1. The number of rotatable bonds is 7. The highest BCUT2D eigenvalue weighted by atomic mass is 35.5. The fourth-order valence-electron chi connectivity index (χ4n) is 2.43. The van der Waals surface area contributed by atoms with E-state index in [2.05, 4.69) is 0 Å². The number of hydrogen-bond acceptors (Lipinski definition) is 3. The van der Waals surface area contributed by atoms with Gasteiger partial charge < -0.3 is 10.8 Å². The second-order valence-electron chi connectivity index (χ2n) is 6.55. The van der Waals surface area contributed by atoms with E-state index in [0.29, 0.717) is 16.3 Å². The van der Waals surface area contributed by atoms with Gasteiger partial charge in [-0.3, -0.25) is 0 Å². The third kappa shape index (κ3) is 7.54. The molecule has 1 unspecified atom stereocenters. The van der Waals surface area contributed by atoms with Crippen molar-refractivity contribution in [1.82, 2.24) is 0 Å². The van der Waals surface area contributed by atoms with E-state index in [1.807, 2.05) is 12.1 Å². The van der Waals surface area contributed by atoms with Gasteiger partial charge in [0, 0.05) is 20.4 Å². The second-order valence-corrected chi connectivity index (χ2v) is 8.10. The highest BCUT2D eigenvalue weighted by molar-refractivity contribution is 7.99. The van der Waals surface area contributed by atoms with Crippen molar-refractivity contribution in [3.63, 3.8) is 0 Å². The molecular weight excluding hydrogens is 418 g/mol. The van der Waals surface area contributed by atoms with Crippen LogP contribution >= 0.6 is 35.8 Å². The van der Waals surface area contributed by atoms with Gasteiger partial charge in [0.1, 0.15) is 0 Å². The molecule has 2 nitrogen and oxygen atoms in total. The van der Waals surface area contributed by atoms with Gasteiger partial charge in [-0.15, -0.1) is 12.4 Å². The van der Waals surface area contributed by atoms with E-state index in [-0.39, 0.29) is 19.0 Å². The molecule has 0 bridgehead atoms. The van der Waals surface area contributed by atoms with Gasteiger partial charge in [0.2, 0.25) is 0 Å². The van der Waals surface area contributed by atoms with Crippen molar-refractivity contribution in [2.24, 2.45) is 5.73 Å². The monoisotopic (exact) mass is 439 g/mol. The normalized spacial score (nSPS) is 13.7. The van der Waals surface area contributed by atoms with Gasteiger partial charge in [-0.1, -0.05) is 35.5 Å². The second kappa shape index (κ2) is 10.0. The van der Waals surface area contributed by atoms with Crippen LogP contribution in [0.2, 0.25) is 5.02 Å². The molecule has 0 aliphatic carbocycles. The number of aliphatic hydroxyl groups excluding tert-OH is 1. The molecule has 150 valence electrons. The lowest BCUT2D eigenvalue weighted by Gasteiger charge is -2.21. The van der Waals surface area contributed by atoms with E-state index in [4.69, 9.17) is 22.4 Å². The Hall–Kier alpha value is -0.920. The van der Waals surface area contributed by atoms with Crippen LogP contribution in [0.15, 0.2) is 52.3 Å². The van der Waals surface area contributed by atoms with E-state index < -0.39 is 17.3 Å². The lowest BCUT2D eigenvalue weighted by Crippen LogP contribution is -2.40. The van der Waals surface area contributed by atoms with Crippen LogP contribution in [0.25, 0.3) is 0 Å². The number of aliphatic hydroxyl groups is 1. The summed E-state index contributed by atoms with van der Waals surface area (Å²) in [6.07, 6.45) is -2.18. The maximum absolute atomic E-state index is 12.8. The molecule has 0 aliphatic heterocycles. The molecule has 0 fully saturated rings. The number of benzene rings is 2. The number of aryl methyl sites for hydroxylation is 1. The maximum Gasteiger partial charge on any atom is 0.416 e. The molecule has 0 heterocycles. The molecule has 0 amide bonds. The van der Waals surface area contributed by atoms with Crippen molar-refractivity contribution in [2.45, 2.75) is 47.7 Å². The number of hydrogen-bond donors (Lipinski definition) is 2. The van der Waals surface area contributed by atoms with Crippen molar-refractivity contribution in [1.29, 1.82) is 0 Å². The molecule has 27 heavy (non-hydrogen) atoms. The summed E-state index contributed by atoms with van der Waals surface area (Å²) < 4.78 is 38.4. The number of nitrogens with two attached hydrogens (primary N) is 1. The summed E-state index contributed by atoms with van der Waals surface area (Å²) >= 11 is 7.54. The van der Waals surface area contributed by atoms with Gasteiger partial charge in [-0.2, -0.15) is 13.2 Å². The first-order valence-electron chi connectivity index (χ1n) is 8.14. The van der Waals surface area contributed by atoms with Crippen molar-refractivity contribution in [3.05, 3.63) is 58.6 Å². The zero-order chi connectivity index (χ0) is 19.4. The number of halogens is 5. The Balaban J connectivity index is 0.00000364. The minimum atomic E-state index is -4.36. The standard InChI is InChI=1S/C19H21ClF3NOS.ClH/c1-18(24,12-25)9-3-4-13-7-8-16(11-17(13)20)26-15-6-2-5-14(10-15)19(21,22)23;/h2,5-8,10-11,25H,3-4,9,12,24H2,1H3;1H. The quantitative estimate of drug-likeness (QED) is 0.558. The van der Waals surface area contributed by atoms with Gasteiger partial charge >= 0.3 is 6.18 Å². The van der Waals surface area contributed by atoms with E-state index in [1.165, 1.54) is 17.8 Å². The fraction of sp³-hybridized carbons (Fsp3) is 0.368. The Kier molecular flexibility index (Phi) is 8.96. The van der Waals surface area contributed by atoms with Crippen LogP contribution in [0.1, 0.15) is 30.9 Å². The predicted octanol–water partition coefficient (Wildman–Crippen LogP) is 5.96. The fourth-order valence-corrected chi connectivity index (χ4v) is 3.69. The average molecular weight is 440 g/mol. The third-order valence-corrected chi connectivity index (χ3v) is 5.31. The van der Waals surface area contributed by atoms with E-state index in [0.717, 1.165) is 35.4 Å². The van der Waals surface area contributed by atoms with Crippen LogP contribution in [0, 0.1) is 0 Å². The topological polar surface area (TPSA) is 46.2 Å². The Labute approximate surface area is 172 Å². The Morgan fingerprint density at radius 1 is 1.11 bits per heavy atom. The van der Waals surface area contributed by atoms with Gasteiger partial charge in [-0.25, -0.2) is 0 Å². The third-order valence-electron chi connectivity index (χ3n) is 3.98. The smallest absolute Gasteiger partial charge is 0.394 e. The summed E-state index contributed by atoms with van der Waals surface area (Å²) in [6.45, 7) is 1.72. The lowest BCUT2D eigenvalue weighted by molar-refractivity contribution is -0.137. The SMILES string of the molecule is CC(N)(CO)CCCc1ccc(Sc2cccc(C(F)(F)F)c2)cc1Cl.Cl. The Bertz CT molecular complexity index is 754. The summed E-state index contributed by atoms with van der Waals surface area (Å²) in [4.78, 5) is 1.28. The molecule has 0 aromatic heterocycles. The summed E-state index contributed by atoms with van der Waals surface area (Å²) in [5.74, 6) is 0. The van der Waals surface area contributed by atoms with Crippen molar-refractivity contribution in [3.8, 4) is 0 Å². The van der Waals surface area contributed by atoms with Gasteiger partial charge in [0.15, 0.2) is 0 Å². The average Bonchev–Trinajstić information content (AvgIpc) is 2.56. The van der Waals surface area contributed by atoms with Crippen molar-refractivity contribution < 1.29 is 18.3 Å². The van der Waals surface area contributed by atoms with Crippen molar-refractivity contribution >= 4 is 35.8 Å². The molecule has 2 aromatic carbocycles. The van der Waals surface area contributed by atoms with Gasteiger partial charge in [-0.05, 0) is 62.1 Å². The largest absolute Gasteiger partial charge is 0.416 e. The summed E-state index contributed by atoms with van der Waals surface area (Å²) in [5, 5.41) is 9.74. The molecule has 8 heteroatoms. The molecule has 0 aliphatic rings. The van der Waals surface area contributed by atoms with Crippen LogP contribution < -0.4 is 5.73 Å². The van der Waals surface area contributed by atoms with Gasteiger partial charge in [0.25, 0.3) is 0 Å². The molecule has 3 N–H and O–H groups in total. The molecule has 0 saturated carbocycles. The molecule has 0 radical (unpaired) electrons. The summed E-state index contributed by atoms with van der Waals surface area (Å²) in [6, 6.07) is 10.7. The lowest BCUT2D eigenvalue weighted by atomic mass is 9.95. The molecule has 2 rings (SSSR count). The minimum absolute atomic E-state index is 0. The summed E-state index contributed by atoms with van der Waals surface area (Å²) in [7, 11) is 0. The van der Waals surface area contributed by atoms with E-state index in [1.54, 1.807) is 19.1 Å². The molecular formula is C19H22Cl2F3NOS. The first-order valence-corrected chi connectivity index (χ1v) is 9.33. The van der Waals surface area contributed by atoms with Gasteiger partial charge in [0.05, 0.1) is 12.2 Å². The molecule has 0 spiro atoms. The minimum Gasteiger partial charge on any atom is -0.394 e. The predicted molar refractivity (Wildman–Crippen MR) is 107 cm³/mol. The van der Waals surface area contributed by atoms with Crippen LogP contribution in [0.5, 0.6) is 0 Å². The van der Waals surface area contributed by atoms with Crippen LogP contribution in [0.3, 0.4) is 0 Å². The maximum atomic E-state index is 12.8. The highest BCUT2D eigenvalue weighted by Gasteiger charge is 2.30. The first kappa shape index (κ1) is 24.1. The Morgan fingerprint density at radius 2 is 1.78 bits per heavy atom. The molecule has 0 saturated heterocycles. The van der Waals surface area contributed by atoms with Crippen molar-refractivity contribution in [2.75, 3.05) is 6.61 Å². The summed E-state index contributed by atoms with van der Waals surface area (Å²) in [5.41, 5.74) is 5.58. The van der Waals surface area contributed by atoms with Crippen LogP contribution in [0.4, 0.5) is 13.2 Å². The van der Waals surface area contributed by atoms with E-state index in [9.17, 15) is 13.2 Å². The molecule has 2 aromatic rings. The van der Waals surface area contributed by atoms with Crippen LogP contribution in [-0.2, 0) is 12.6 Å². The highest BCUT2D eigenvalue weighted by Crippen LogP contribution is 2.35. The Morgan fingerprint density at radius 3 is 2.37 bits per heavy atom. The zero-order valence-electron chi connectivity index (χ0n) is 14.7. The number of alkyl halides is 3. The zero-order valence-corrected chi connectivity index (χ0v) is 17.1. The molecule has 1 atom stereocenters. The van der Waals surface area contributed by atoms with Crippen LogP contribution in [-0.4, -0.2) is 17.3 Å².